The highest BCUT2D eigenvalue weighted by Gasteiger charge is 2.06. The Hall–Kier alpha value is -1.86. The summed E-state index contributed by atoms with van der Waals surface area (Å²) in [5.41, 5.74) is 0. The molecule has 2 aliphatic heterocycles. The van der Waals surface area contributed by atoms with Gasteiger partial charge in [-0.25, -0.2) is 4.79 Å². The van der Waals surface area contributed by atoms with Crippen molar-refractivity contribution in [2.24, 2.45) is 15.9 Å². The molecule has 0 aliphatic carbocycles. The fourth-order valence-corrected chi connectivity index (χ4v) is 1.02. The van der Waals surface area contributed by atoms with Crippen LogP contribution in [0.5, 0.6) is 0 Å². The van der Waals surface area contributed by atoms with Crippen molar-refractivity contribution in [1.29, 1.82) is 0 Å². The van der Waals surface area contributed by atoms with E-state index < -0.39 is 12.0 Å². The van der Waals surface area contributed by atoms with E-state index >= 15 is 0 Å². The smallest absolute Gasteiger partial charge is 0.367 e. The van der Waals surface area contributed by atoms with Crippen LogP contribution >= 0.6 is 0 Å². The first kappa shape index (κ1) is 17.1. The minimum absolute atomic E-state index is 0.285. The third-order valence-electron chi connectivity index (χ3n) is 2.11. The predicted molar refractivity (Wildman–Crippen MR) is 74.9 cm³/mol. The highest BCUT2D eigenvalue weighted by Crippen LogP contribution is 2.00. The average Bonchev–Trinajstić information content (AvgIpc) is 3.05. The van der Waals surface area contributed by atoms with Crippen LogP contribution in [0.25, 0.3) is 0 Å². The molecule has 106 valence electrons. The topological polar surface area (TPSA) is 103 Å². The maximum Gasteiger partial charge on any atom is 0.367 e. The molecule has 2 amide bonds. The summed E-state index contributed by atoms with van der Waals surface area (Å²) in [6.45, 7) is 8.35. The second kappa shape index (κ2) is 11.2. The minimum atomic E-state index is -0.759. The summed E-state index contributed by atoms with van der Waals surface area (Å²) in [6, 6.07) is -0.407. The predicted octanol–water partition coefficient (Wildman–Crippen LogP) is 0.681. The summed E-state index contributed by atoms with van der Waals surface area (Å²) in [4.78, 5) is 26.4. The van der Waals surface area contributed by atoms with Crippen LogP contribution in [0.1, 0.15) is 13.3 Å². The highest BCUT2D eigenvalue weighted by atomic mass is 16.4. The lowest BCUT2D eigenvalue weighted by Crippen LogP contribution is -2.11. The van der Waals surface area contributed by atoms with E-state index in [1.54, 1.807) is 13.0 Å². The number of aliphatic imine (C=N–C) groups is 2. The van der Waals surface area contributed by atoms with Crippen LogP contribution in [0.15, 0.2) is 22.6 Å². The molecule has 2 rings (SSSR count). The Morgan fingerprint density at radius 2 is 2.00 bits per heavy atom. The molecule has 7 nitrogen and oxygen atoms in total. The largest absolute Gasteiger partial charge is 0.481 e. The quantitative estimate of drug-likeness (QED) is 0.653. The molecule has 1 unspecified atom stereocenters. The molecule has 0 aromatic carbocycles. The molecule has 0 spiro atoms. The lowest BCUT2D eigenvalue weighted by Gasteiger charge is -1.97. The molecule has 0 saturated carbocycles. The molecule has 2 heterocycles. The lowest BCUT2D eigenvalue weighted by atomic mass is 10.1. The molecule has 1 fully saturated rings. The van der Waals surface area contributed by atoms with E-state index in [1.807, 2.05) is 0 Å². The van der Waals surface area contributed by atoms with Gasteiger partial charge < -0.3 is 15.7 Å². The first-order chi connectivity index (χ1) is 9.07. The van der Waals surface area contributed by atoms with Crippen LogP contribution in [0.2, 0.25) is 0 Å². The van der Waals surface area contributed by atoms with Crippen molar-refractivity contribution < 1.29 is 14.7 Å². The number of carboxylic acids is 1. The number of hydrogen-bond donors (Lipinski definition) is 3. The highest BCUT2D eigenvalue weighted by molar-refractivity contribution is 6.25. The van der Waals surface area contributed by atoms with Crippen LogP contribution in [0.3, 0.4) is 0 Å². The van der Waals surface area contributed by atoms with E-state index in [2.05, 4.69) is 27.2 Å². The summed E-state index contributed by atoms with van der Waals surface area (Å²) >= 11 is 0. The Kier molecular flexibility index (Phi) is 10.1. The number of nitrogens with zero attached hydrogens (tertiary/aromatic N) is 2. The van der Waals surface area contributed by atoms with Crippen molar-refractivity contribution in [1.82, 2.24) is 10.6 Å². The zero-order valence-electron chi connectivity index (χ0n) is 11.0. The molecule has 0 radical (unpaired) electrons. The van der Waals surface area contributed by atoms with Gasteiger partial charge in [-0.3, -0.25) is 4.79 Å². The van der Waals surface area contributed by atoms with Crippen molar-refractivity contribution in [3.05, 3.63) is 12.7 Å². The SMILES string of the molecule is C1CNCN1.C=CCC(C)C(=O)O.O=C1N=CC=N1. The van der Waals surface area contributed by atoms with Gasteiger partial charge in [0.05, 0.1) is 18.3 Å². The third-order valence-corrected chi connectivity index (χ3v) is 2.11. The number of hydrogen-bond acceptors (Lipinski definition) is 4. The molecule has 0 bridgehead atoms. The summed E-state index contributed by atoms with van der Waals surface area (Å²) < 4.78 is 0. The van der Waals surface area contributed by atoms with Gasteiger partial charge in [0.15, 0.2) is 0 Å². The maximum absolute atomic E-state index is 10.0. The van der Waals surface area contributed by atoms with Crippen molar-refractivity contribution >= 4 is 24.4 Å². The van der Waals surface area contributed by atoms with Gasteiger partial charge in [-0.1, -0.05) is 13.0 Å². The van der Waals surface area contributed by atoms with Crippen LogP contribution in [0.4, 0.5) is 4.79 Å². The zero-order valence-corrected chi connectivity index (χ0v) is 11.0. The molecule has 3 N–H and O–H groups in total. The van der Waals surface area contributed by atoms with Crippen LogP contribution in [-0.4, -0.2) is 49.3 Å². The number of amides is 2. The molecule has 0 aromatic rings. The standard InChI is InChI=1S/C6H10O2.C3H2N2O.C3H8N2/c1-3-4-5(2)6(7)8;6-3-4-1-2-5-3;1-2-5-3-4-1/h3,5H,1,4H2,2H3,(H,7,8);1-2H;4-5H,1-3H2. The Balaban J connectivity index is 0.000000262. The zero-order chi connectivity index (χ0) is 14.5. The van der Waals surface area contributed by atoms with E-state index in [0.717, 1.165) is 19.8 Å². The van der Waals surface area contributed by atoms with Crippen LogP contribution < -0.4 is 10.6 Å². The monoisotopic (exact) mass is 268 g/mol. The van der Waals surface area contributed by atoms with E-state index in [-0.39, 0.29) is 5.92 Å². The second-order valence-electron chi connectivity index (χ2n) is 3.78. The third kappa shape index (κ3) is 11.0. The molecule has 7 heteroatoms. The maximum atomic E-state index is 10.0. The number of aliphatic carboxylic acids is 1. The molecule has 2 aliphatic rings. The van der Waals surface area contributed by atoms with E-state index in [9.17, 15) is 9.59 Å². The van der Waals surface area contributed by atoms with Crippen molar-refractivity contribution in [3.63, 3.8) is 0 Å². The van der Waals surface area contributed by atoms with Gasteiger partial charge in [0, 0.05) is 19.8 Å². The van der Waals surface area contributed by atoms with Gasteiger partial charge >= 0.3 is 12.0 Å². The van der Waals surface area contributed by atoms with Gasteiger partial charge in [-0.15, -0.1) is 6.58 Å². The molecular formula is C12H20N4O3. The Labute approximate surface area is 112 Å². The Morgan fingerprint density at radius 1 is 1.47 bits per heavy atom. The van der Waals surface area contributed by atoms with Crippen molar-refractivity contribution in [2.75, 3.05) is 19.8 Å². The average molecular weight is 268 g/mol. The fourth-order valence-electron chi connectivity index (χ4n) is 1.02. The number of rotatable bonds is 3. The van der Waals surface area contributed by atoms with E-state index in [4.69, 9.17) is 5.11 Å². The van der Waals surface area contributed by atoms with E-state index in [0.29, 0.717) is 6.42 Å². The first-order valence-corrected chi connectivity index (χ1v) is 5.93. The number of allylic oxidation sites excluding steroid dienone is 1. The van der Waals surface area contributed by atoms with Crippen LogP contribution in [-0.2, 0) is 4.79 Å². The van der Waals surface area contributed by atoms with Crippen molar-refractivity contribution in [3.8, 4) is 0 Å². The number of urea groups is 1. The van der Waals surface area contributed by atoms with Gasteiger partial charge in [0.1, 0.15) is 0 Å². The molecule has 1 atom stereocenters. The Bertz CT molecular complexity index is 327. The number of nitrogens with one attached hydrogen (secondary N) is 2. The van der Waals surface area contributed by atoms with Crippen molar-refractivity contribution in [2.45, 2.75) is 13.3 Å². The lowest BCUT2D eigenvalue weighted by molar-refractivity contribution is -0.140. The number of carbonyl (C=O) groups excluding carboxylic acids is 1. The van der Waals surface area contributed by atoms with Gasteiger partial charge in [-0.05, 0) is 6.42 Å². The summed E-state index contributed by atoms with van der Waals surface area (Å²) in [6.07, 6.45) is 4.89. The molecular weight excluding hydrogens is 248 g/mol. The van der Waals surface area contributed by atoms with E-state index in [1.165, 1.54) is 12.4 Å². The molecule has 0 aromatic heterocycles. The molecule has 1 saturated heterocycles. The van der Waals surface area contributed by atoms with Gasteiger partial charge in [-0.2, -0.15) is 9.98 Å². The summed E-state index contributed by atoms with van der Waals surface area (Å²) in [7, 11) is 0. The summed E-state index contributed by atoms with van der Waals surface area (Å²) in [5.74, 6) is -1.04. The van der Waals surface area contributed by atoms with Crippen LogP contribution in [0, 0.1) is 5.92 Å². The summed E-state index contributed by atoms with van der Waals surface area (Å²) in [5, 5.41) is 14.5. The minimum Gasteiger partial charge on any atom is -0.481 e. The number of carbonyl (C=O) groups is 2. The Morgan fingerprint density at radius 3 is 2.16 bits per heavy atom. The fraction of sp³-hybridized carbons (Fsp3) is 0.500. The molecule has 19 heavy (non-hydrogen) atoms. The second-order valence-corrected chi connectivity index (χ2v) is 3.78. The normalized spacial score (nSPS) is 17.0. The van der Waals surface area contributed by atoms with Gasteiger partial charge in [0.25, 0.3) is 0 Å². The van der Waals surface area contributed by atoms with Gasteiger partial charge in [0.2, 0.25) is 0 Å². The first-order valence-electron chi connectivity index (χ1n) is 5.93. The number of carboxylic acid groups (broad SMARTS) is 1.